The maximum Gasteiger partial charge on any atom is 0.253 e. The zero-order chi connectivity index (χ0) is 14.1. The van der Waals surface area contributed by atoms with Crippen LogP contribution in [-0.2, 0) is 0 Å². The van der Waals surface area contributed by atoms with Gasteiger partial charge in [-0.25, -0.2) is 0 Å². The topological polar surface area (TPSA) is 44.4 Å². The molecule has 1 unspecified atom stereocenters. The van der Waals surface area contributed by atoms with Crippen LogP contribution in [0.15, 0.2) is 18.2 Å². The second-order valence-corrected chi connectivity index (χ2v) is 6.09. The molecule has 2 N–H and O–H groups in total. The zero-order valence-corrected chi connectivity index (χ0v) is 12.4. The molecule has 4 rings (SSSR count). The van der Waals surface area contributed by atoms with Gasteiger partial charge in [-0.1, -0.05) is 11.6 Å². The number of carbonyl (C=O) groups excluding carboxylic acids is 1. The van der Waals surface area contributed by atoms with Gasteiger partial charge in [-0.15, -0.1) is 0 Å². The third-order valence-electron chi connectivity index (χ3n) is 4.47. The van der Waals surface area contributed by atoms with E-state index in [-0.39, 0.29) is 11.9 Å². The molecule has 1 amide bonds. The molecule has 1 aromatic carbocycles. The summed E-state index contributed by atoms with van der Waals surface area (Å²) < 4.78 is 0. The lowest BCUT2D eigenvalue weighted by Gasteiger charge is -2.45. The molecule has 3 aliphatic rings. The predicted molar refractivity (Wildman–Crippen MR) is 81.4 cm³/mol. The highest BCUT2D eigenvalue weighted by Crippen LogP contribution is 2.28. The van der Waals surface area contributed by atoms with Gasteiger partial charge in [0.2, 0.25) is 0 Å². The number of carbonyl (C=O) groups is 1. The van der Waals surface area contributed by atoms with E-state index in [1.807, 2.05) is 13.1 Å². The molecule has 3 heterocycles. The molecule has 4 nitrogen and oxygen atoms in total. The number of nitrogens with zero attached hydrogens (tertiary/aromatic N) is 1. The second-order valence-electron chi connectivity index (χ2n) is 5.66. The molecule has 0 aromatic heterocycles. The summed E-state index contributed by atoms with van der Waals surface area (Å²) in [6.45, 7) is 3.33. The summed E-state index contributed by atoms with van der Waals surface area (Å²) in [5.74, 6) is 0.594. The number of fused-ring (bicyclic) bond motifs is 3. The SMILES string of the molecule is CNc1ccc(Cl)cc1C(=O)NC1CN2CCC1CC2. The number of piperidine rings is 3. The molecule has 0 saturated carbocycles. The first-order chi connectivity index (χ1) is 9.67. The molecule has 3 aliphatic heterocycles. The van der Waals surface area contributed by atoms with Crippen molar-refractivity contribution < 1.29 is 4.79 Å². The van der Waals surface area contributed by atoms with Crippen LogP contribution in [0.1, 0.15) is 23.2 Å². The third kappa shape index (κ3) is 2.63. The van der Waals surface area contributed by atoms with Crippen molar-refractivity contribution in [2.75, 3.05) is 32.0 Å². The Labute approximate surface area is 124 Å². The smallest absolute Gasteiger partial charge is 0.253 e. The quantitative estimate of drug-likeness (QED) is 0.898. The fourth-order valence-electron chi connectivity index (χ4n) is 3.30. The van der Waals surface area contributed by atoms with Crippen LogP contribution in [0.4, 0.5) is 5.69 Å². The molecule has 2 bridgehead atoms. The number of amides is 1. The number of hydrogen-bond donors (Lipinski definition) is 2. The molecule has 0 aliphatic carbocycles. The van der Waals surface area contributed by atoms with Crippen molar-refractivity contribution in [3.8, 4) is 0 Å². The molecule has 108 valence electrons. The molecule has 0 spiro atoms. The average molecular weight is 294 g/mol. The summed E-state index contributed by atoms with van der Waals surface area (Å²) in [6.07, 6.45) is 2.39. The standard InChI is InChI=1S/C15H20ClN3O/c1-17-13-3-2-11(16)8-12(13)15(20)18-14-9-19-6-4-10(14)5-7-19/h2-3,8,10,14,17H,4-7,9H2,1H3,(H,18,20). The van der Waals surface area contributed by atoms with E-state index in [0.717, 1.165) is 12.2 Å². The van der Waals surface area contributed by atoms with E-state index in [9.17, 15) is 4.79 Å². The molecular formula is C15H20ClN3O. The van der Waals surface area contributed by atoms with Gasteiger partial charge in [0, 0.05) is 30.3 Å². The van der Waals surface area contributed by atoms with E-state index in [4.69, 9.17) is 11.6 Å². The van der Waals surface area contributed by atoms with Crippen LogP contribution in [0.3, 0.4) is 0 Å². The maximum atomic E-state index is 12.5. The van der Waals surface area contributed by atoms with Crippen molar-refractivity contribution in [3.05, 3.63) is 28.8 Å². The lowest BCUT2D eigenvalue weighted by molar-refractivity contribution is 0.0621. The van der Waals surface area contributed by atoms with Crippen molar-refractivity contribution in [1.29, 1.82) is 0 Å². The molecule has 3 saturated heterocycles. The molecular weight excluding hydrogens is 274 g/mol. The fourth-order valence-corrected chi connectivity index (χ4v) is 3.47. The molecule has 1 atom stereocenters. The van der Waals surface area contributed by atoms with Crippen LogP contribution < -0.4 is 10.6 Å². The van der Waals surface area contributed by atoms with Crippen LogP contribution in [0.2, 0.25) is 5.02 Å². The summed E-state index contributed by atoms with van der Waals surface area (Å²) in [4.78, 5) is 14.9. The van der Waals surface area contributed by atoms with Crippen molar-refractivity contribution >= 4 is 23.2 Å². The molecule has 0 radical (unpaired) electrons. The number of halogens is 1. The summed E-state index contributed by atoms with van der Waals surface area (Å²) in [6, 6.07) is 5.63. The van der Waals surface area contributed by atoms with Gasteiger partial charge in [-0.3, -0.25) is 4.79 Å². The van der Waals surface area contributed by atoms with Gasteiger partial charge in [0.25, 0.3) is 5.91 Å². The lowest BCUT2D eigenvalue weighted by Crippen LogP contribution is -2.57. The first-order valence-corrected chi connectivity index (χ1v) is 7.55. The number of benzene rings is 1. The van der Waals surface area contributed by atoms with Gasteiger partial charge in [0.1, 0.15) is 0 Å². The lowest BCUT2D eigenvalue weighted by atomic mass is 9.84. The molecule has 20 heavy (non-hydrogen) atoms. The summed E-state index contributed by atoms with van der Waals surface area (Å²) in [7, 11) is 1.81. The van der Waals surface area contributed by atoms with Gasteiger partial charge in [-0.05, 0) is 50.0 Å². The van der Waals surface area contributed by atoms with Crippen molar-refractivity contribution in [1.82, 2.24) is 10.2 Å². The maximum absolute atomic E-state index is 12.5. The van der Waals surface area contributed by atoms with Gasteiger partial charge < -0.3 is 15.5 Å². The minimum Gasteiger partial charge on any atom is -0.387 e. The Hall–Kier alpha value is -1.26. The van der Waals surface area contributed by atoms with E-state index in [2.05, 4.69) is 15.5 Å². The average Bonchev–Trinajstić information content (AvgIpc) is 2.48. The summed E-state index contributed by atoms with van der Waals surface area (Å²) in [5.41, 5.74) is 1.43. The van der Waals surface area contributed by atoms with Gasteiger partial charge in [0.05, 0.1) is 5.56 Å². The van der Waals surface area contributed by atoms with Crippen molar-refractivity contribution in [3.63, 3.8) is 0 Å². The fraction of sp³-hybridized carbons (Fsp3) is 0.533. The first-order valence-electron chi connectivity index (χ1n) is 7.18. The first kappa shape index (κ1) is 13.7. The van der Waals surface area contributed by atoms with Crippen LogP contribution in [-0.4, -0.2) is 43.5 Å². The van der Waals surface area contributed by atoms with Crippen molar-refractivity contribution in [2.45, 2.75) is 18.9 Å². The number of nitrogens with one attached hydrogen (secondary N) is 2. The van der Waals surface area contributed by atoms with E-state index in [1.165, 1.54) is 25.9 Å². The molecule has 3 fully saturated rings. The predicted octanol–water partition coefficient (Wildman–Crippen LogP) is 2.21. The van der Waals surface area contributed by atoms with E-state index in [1.54, 1.807) is 12.1 Å². The second kappa shape index (κ2) is 5.62. The normalized spacial score (nSPS) is 28.2. The van der Waals surface area contributed by atoms with Crippen LogP contribution in [0.5, 0.6) is 0 Å². The largest absolute Gasteiger partial charge is 0.387 e. The number of hydrogen-bond acceptors (Lipinski definition) is 3. The summed E-state index contributed by atoms with van der Waals surface area (Å²) >= 11 is 6.01. The number of anilines is 1. The molecule has 5 heteroatoms. The highest BCUT2D eigenvalue weighted by atomic mass is 35.5. The van der Waals surface area contributed by atoms with E-state index in [0.29, 0.717) is 16.5 Å². The summed E-state index contributed by atoms with van der Waals surface area (Å²) in [5, 5.41) is 6.82. The van der Waals surface area contributed by atoms with Crippen molar-refractivity contribution in [2.24, 2.45) is 5.92 Å². The monoisotopic (exact) mass is 293 g/mol. The Balaban J connectivity index is 1.75. The van der Waals surface area contributed by atoms with Crippen LogP contribution in [0, 0.1) is 5.92 Å². The Morgan fingerprint density at radius 1 is 1.35 bits per heavy atom. The third-order valence-corrected chi connectivity index (χ3v) is 4.70. The highest BCUT2D eigenvalue weighted by molar-refractivity contribution is 6.31. The highest BCUT2D eigenvalue weighted by Gasteiger charge is 2.35. The Morgan fingerprint density at radius 3 is 2.70 bits per heavy atom. The van der Waals surface area contributed by atoms with Gasteiger partial charge in [0.15, 0.2) is 0 Å². The number of rotatable bonds is 3. The van der Waals surface area contributed by atoms with Gasteiger partial charge >= 0.3 is 0 Å². The Kier molecular flexibility index (Phi) is 3.85. The molecule has 1 aromatic rings. The Morgan fingerprint density at radius 2 is 2.10 bits per heavy atom. The van der Waals surface area contributed by atoms with Gasteiger partial charge in [-0.2, -0.15) is 0 Å². The minimum absolute atomic E-state index is 0.0319. The minimum atomic E-state index is -0.0319. The zero-order valence-electron chi connectivity index (χ0n) is 11.7. The van der Waals surface area contributed by atoms with E-state index < -0.39 is 0 Å². The van der Waals surface area contributed by atoms with Crippen LogP contribution >= 0.6 is 11.6 Å². The van der Waals surface area contributed by atoms with Crippen LogP contribution in [0.25, 0.3) is 0 Å². The van der Waals surface area contributed by atoms with E-state index >= 15 is 0 Å². The Bertz CT molecular complexity index is 512.